The Morgan fingerprint density at radius 3 is 2.39 bits per heavy atom. The molecule has 1 aliphatic carbocycles. The molecule has 10 heteroatoms. The number of fused-ring (bicyclic) bond motifs is 1. The molecule has 0 aliphatic heterocycles. The van der Waals surface area contributed by atoms with Crippen LogP contribution in [-0.4, -0.2) is 26.9 Å². The minimum atomic E-state index is -1.47. The van der Waals surface area contributed by atoms with E-state index >= 15 is 0 Å². The Hall–Kier alpha value is -4.89. The predicted octanol–water partition coefficient (Wildman–Crippen LogP) is 7.01. The molecule has 0 bridgehead atoms. The van der Waals surface area contributed by atoms with E-state index in [4.69, 9.17) is 26.2 Å². The lowest BCUT2D eigenvalue weighted by atomic mass is 9.83. The summed E-state index contributed by atoms with van der Waals surface area (Å²) in [6.07, 6.45) is 2.60. The van der Waals surface area contributed by atoms with Crippen molar-refractivity contribution in [2.45, 2.75) is 44.7 Å². The van der Waals surface area contributed by atoms with Crippen LogP contribution < -0.4 is 15.6 Å². The van der Waals surface area contributed by atoms with Crippen molar-refractivity contribution in [2.75, 3.05) is 0 Å². The third-order valence-electron chi connectivity index (χ3n) is 8.07. The van der Waals surface area contributed by atoms with Gasteiger partial charge in [0, 0.05) is 22.0 Å². The Labute approximate surface area is 258 Å². The first-order valence-corrected chi connectivity index (χ1v) is 14.9. The number of furan rings is 1. The van der Waals surface area contributed by atoms with Gasteiger partial charge in [-0.1, -0.05) is 79.0 Å². The number of ether oxygens (including phenoxy) is 1. The summed E-state index contributed by atoms with van der Waals surface area (Å²) in [7, 11) is 0. The lowest BCUT2D eigenvalue weighted by molar-refractivity contribution is -0.124. The molecule has 1 amide bonds. The summed E-state index contributed by atoms with van der Waals surface area (Å²) in [5, 5.41) is 18.5. The van der Waals surface area contributed by atoms with Gasteiger partial charge < -0.3 is 19.6 Å². The van der Waals surface area contributed by atoms with Gasteiger partial charge in [0.15, 0.2) is 0 Å². The number of aromatic nitrogens is 2. The SMILES string of the molecule is O=C(O)Oc1ccc(CNC(=O)C(c2ccc(Cn3nc(-c4ccc(Cl)cc4)c4ccccc4c3=O)cc2)C2CCCC2)o1. The maximum Gasteiger partial charge on any atom is 0.513 e. The Kier molecular flexibility index (Phi) is 8.47. The number of nitrogens with zero attached hydrogens (tertiary/aromatic N) is 2. The van der Waals surface area contributed by atoms with Crippen LogP contribution in [0.3, 0.4) is 0 Å². The maximum absolute atomic E-state index is 13.5. The zero-order valence-electron chi connectivity index (χ0n) is 23.7. The molecule has 9 nitrogen and oxygen atoms in total. The molecule has 224 valence electrons. The number of halogens is 1. The summed E-state index contributed by atoms with van der Waals surface area (Å²) in [5.41, 5.74) is 3.16. The van der Waals surface area contributed by atoms with E-state index in [1.165, 1.54) is 10.7 Å². The lowest BCUT2D eigenvalue weighted by Gasteiger charge is -2.23. The molecule has 1 saturated carbocycles. The van der Waals surface area contributed by atoms with Gasteiger partial charge in [0.2, 0.25) is 5.91 Å². The quantitative estimate of drug-likeness (QED) is 0.172. The van der Waals surface area contributed by atoms with Crippen LogP contribution in [0, 0.1) is 5.92 Å². The maximum atomic E-state index is 13.5. The van der Waals surface area contributed by atoms with E-state index in [9.17, 15) is 14.4 Å². The fraction of sp³-hybridized carbons (Fsp3) is 0.235. The third-order valence-corrected chi connectivity index (χ3v) is 8.32. The number of carbonyl (C=O) groups is 2. The summed E-state index contributed by atoms with van der Waals surface area (Å²) in [6, 6.07) is 25.6. The summed E-state index contributed by atoms with van der Waals surface area (Å²) < 4.78 is 11.4. The van der Waals surface area contributed by atoms with Crippen LogP contribution in [0.25, 0.3) is 22.0 Å². The molecule has 0 spiro atoms. The number of nitrogens with one attached hydrogen (secondary N) is 1. The predicted molar refractivity (Wildman–Crippen MR) is 166 cm³/mol. The van der Waals surface area contributed by atoms with Crippen molar-refractivity contribution >= 4 is 34.4 Å². The highest BCUT2D eigenvalue weighted by atomic mass is 35.5. The van der Waals surface area contributed by atoms with Gasteiger partial charge in [-0.2, -0.15) is 5.10 Å². The van der Waals surface area contributed by atoms with Crippen LogP contribution in [0.2, 0.25) is 5.02 Å². The fourth-order valence-corrected chi connectivity index (χ4v) is 6.10. The van der Waals surface area contributed by atoms with Gasteiger partial charge in [-0.15, -0.1) is 0 Å². The van der Waals surface area contributed by atoms with E-state index in [1.807, 2.05) is 60.7 Å². The highest BCUT2D eigenvalue weighted by Gasteiger charge is 2.32. The van der Waals surface area contributed by atoms with Gasteiger partial charge in [-0.05, 0) is 54.2 Å². The van der Waals surface area contributed by atoms with Crippen molar-refractivity contribution in [3.05, 3.63) is 117 Å². The average Bonchev–Trinajstić information content (AvgIpc) is 3.71. The number of benzene rings is 3. The van der Waals surface area contributed by atoms with Crippen LogP contribution in [0.5, 0.6) is 5.95 Å². The second-order valence-electron chi connectivity index (χ2n) is 10.9. The minimum Gasteiger partial charge on any atom is -0.449 e. The molecule has 1 atom stereocenters. The van der Waals surface area contributed by atoms with Gasteiger partial charge in [0.1, 0.15) is 5.76 Å². The molecule has 2 N–H and O–H groups in total. The Morgan fingerprint density at radius 1 is 0.977 bits per heavy atom. The van der Waals surface area contributed by atoms with Gasteiger partial charge in [0.25, 0.3) is 11.5 Å². The van der Waals surface area contributed by atoms with Gasteiger partial charge in [0.05, 0.1) is 30.1 Å². The van der Waals surface area contributed by atoms with Crippen LogP contribution in [-0.2, 0) is 17.9 Å². The first kappa shape index (κ1) is 29.2. The number of amides is 1. The number of carboxylic acid groups (broad SMARTS) is 1. The molecule has 6 rings (SSSR count). The first-order chi connectivity index (χ1) is 21.4. The molecule has 0 saturated heterocycles. The van der Waals surface area contributed by atoms with E-state index < -0.39 is 6.16 Å². The highest BCUT2D eigenvalue weighted by molar-refractivity contribution is 6.30. The first-order valence-electron chi connectivity index (χ1n) is 14.5. The van der Waals surface area contributed by atoms with Gasteiger partial charge >= 0.3 is 6.16 Å². The molecule has 5 aromatic rings. The number of hydrogen-bond acceptors (Lipinski definition) is 6. The second-order valence-corrected chi connectivity index (χ2v) is 11.4. The second kappa shape index (κ2) is 12.8. The van der Waals surface area contributed by atoms with E-state index in [1.54, 1.807) is 18.2 Å². The van der Waals surface area contributed by atoms with Crippen molar-refractivity contribution < 1.29 is 23.8 Å². The molecule has 1 unspecified atom stereocenters. The monoisotopic (exact) mass is 611 g/mol. The summed E-state index contributed by atoms with van der Waals surface area (Å²) in [5.74, 6) is -0.0301. The highest BCUT2D eigenvalue weighted by Crippen LogP contribution is 2.38. The van der Waals surface area contributed by atoms with Crippen molar-refractivity contribution in [2.24, 2.45) is 5.92 Å². The largest absolute Gasteiger partial charge is 0.513 e. The summed E-state index contributed by atoms with van der Waals surface area (Å²) in [6.45, 7) is 0.375. The smallest absolute Gasteiger partial charge is 0.449 e. The fourth-order valence-electron chi connectivity index (χ4n) is 5.97. The molecule has 44 heavy (non-hydrogen) atoms. The zero-order valence-corrected chi connectivity index (χ0v) is 24.5. The lowest BCUT2D eigenvalue weighted by Crippen LogP contribution is -2.32. The van der Waals surface area contributed by atoms with Crippen molar-refractivity contribution in [3.63, 3.8) is 0 Å². The normalized spacial score (nSPS) is 14.0. The van der Waals surface area contributed by atoms with Crippen LogP contribution in [0.4, 0.5) is 4.79 Å². The van der Waals surface area contributed by atoms with E-state index in [0.717, 1.165) is 47.8 Å². The Morgan fingerprint density at radius 2 is 1.68 bits per heavy atom. The van der Waals surface area contributed by atoms with Crippen LogP contribution in [0.15, 0.2) is 94.1 Å². The molecule has 1 fully saturated rings. The Bertz CT molecular complexity index is 1860. The van der Waals surface area contributed by atoms with Crippen LogP contribution >= 0.6 is 11.6 Å². The topological polar surface area (TPSA) is 124 Å². The third kappa shape index (κ3) is 6.38. The van der Waals surface area contributed by atoms with Gasteiger partial charge in [-0.3, -0.25) is 9.59 Å². The van der Waals surface area contributed by atoms with Crippen molar-refractivity contribution in [1.29, 1.82) is 0 Å². The number of rotatable bonds is 9. The number of carbonyl (C=O) groups excluding carboxylic acids is 1. The van der Waals surface area contributed by atoms with Gasteiger partial charge in [-0.25, -0.2) is 9.48 Å². The van der Waals surface area contributed by atoms with E-state index in [-0.39, 0.29) is 42.3 Å². The molecule has 2 aromatic heterocycles. The molecule has 1 aliphatic rings. The minimum absolute atomic E-state index is 0.107. The average molecular weight is 612 g/mol. The summed E-state index contributed by atoms with van der Waals surface area (Å²) >= 11 is 6.11. The summed E-state index contributed by atoms with van der Waals surface area (Å²) in [4.78, 5) is 37.7. The number of hydrogen-bond donors (Lipinski definition) is 2. The zero-order chi connectivity index (χ0) is 30.6. The molecule has 3 aromatic carbocycles. The van der Waals surface area contributed by atoms with Crippen molar-refractivity contribution in [1.82, 2.24) is 15.1 Å². The van der Waals surface area contributed by atoms with Crippen molar-refractivity contribution in [3.8, 4) is 17.2 Å². The molecular formula is C34H30ClN3O6. The molecule has 2 heterocycles. The molecular weight excluding hydrogens is 582 g/mol. The molecule has 0 radical (unpaired) electrons. The van der Waals surface area contributed by atoms with E-state index in [2.05, 4.69) is 10.1 Å². The Balaban J connectivity index is 1.23. The standard InChI is InChI=1S/C34H30ClN3O6/c35-25-15-13-24(14-16-25)31-27-7-3-4-8-28(27)33(40)38(37-31)20-21-9-11-23(12-10-21)30(22-5-1-2-6-22)32(39)36-19-26-17-18-29(43-26)44-34(41)42/h3-4,7-18,22,30H,1-2,5-6,19-20H2,(H,36,39)(H,41,42). The van der Waals surface area contributed by atoms with Crippen LogP contribution in [0.1, 0.15) is 48.5 Å². The van der Waals surface area contributed by atoms with E-state index in [0.29, 0.717) is 21.9 Å².